The van der Waals surface area contributed by atoms with Crippen molar-refractivity contribution in [2.45, 2.75) is 19.3 Å². The van der Waals surface area contributed by atoms with Crippen molar-refractivity contribution >= 4 is 28.7 Å². The molecule has 0 spiro atoms. The minimum Gasteiger partial charge on any atom is -0.497 e. The molecular formula is C29H29N7O2. The van der Waals surface area contributed by atoms with Gasteiger partial charge in [0, 0.05) is 24.8 Å². The average molecular weight is 508 g/mol. The van der Waals surface area contributed by atoms with Gasteiger partial charge >= 0.3 is 0 Å². The molecule has 2 aromatic carbocycles. The summed E-state index contributed by atoms with van der Waals surface area (Å²) in [6.07, 6.45) is 5.04. The Labute approximate surface area is 219 Å². The Kier molecular flexibility index (Phi) is 6.17. The molecule has 0 unspecified atom stereocenters. The van der Waals surface area contributed by atoms with Crippen molar-refractivity contribution in [3.63, 3.8) is 0 Å². The van der Waals surface area contributed by atoms with Gasteiger partial charge in [-0.1, -0.05) is 42.5 Å². The molecule has 0 saturated carbocycles. The third kappa shape index (κ3) is 4.21. The monoisotopic (exact) mass is 507 g/mol. The molecule has 5 aromatic rings. The number of fused-ring (bicyclic) bond motifs is 1. The number of hydrogen-bond donors (Lipinski definition) is 3. The number of nitrogens with two attached hydrogens (primary N) is 1. The largest absolute Gasteiger partial charge is 0.497 e. The van der Waals surface area contributed by atoms with Crippen LogP contribution in [0, 0.1) is 0 Å². The van der Waals surface area contributed by atoms with Gasteiger partial charge in [-0.05, 0) is 49.1 Å². The second kappa shape index (κ2) is 9.93. The van der Waals surface area contributed by atoms with Crippen molar-refractivity contribution in [1.82, 2.24) is 19.6 Å². The Bertz CT molecular complexity index is 1640. The van der Waals surface area contributed by atoms with E-state index in [4.69, 9.17) is 15.6 Å². The first-order valence-corrected chi connectivity index (χ1v) is 12.8. The summed E-state index contributed by atoms with van der Waals surface area (Å²) in [5, 5.41) is 8.18. The number of benzene rings is 2. The van der Waals surface area contributed by atoms with Gasteiger partial charge in [-0.25, -0.2) is 4.98 Å². The quantitative estimate of drug-likeness (QED) is 0.294. The molecule has 6 rings (SSSR count). The lowest BCUT2D eigenvalue weighted by Gasteiger charge is -2.28. The number of pyridine rings is 1. The summed E-state index contributed by atoms with van der Waals surface area (Å²) in [5.74, 6) is 1.66. The third-order valence-corrected chi connectivity index (χ3v) is 6.94. The van der Waals surface area contributed by atoms with Gasteiger partial charge in [0.15, 0.2) is 11.5 Å². The van der Waals surface area contributed by atoms with Crippen LogP contribution in [0.2, 0.25) is 0 Å². The molecule has 0 amide bonds. The molecule has 0 atom stereocenters. The first-order valence-electron chi connectivity index (χ1n) is 12.8. The lowest BCUT2D eigenvalue weighted by molar-refractivity contribution is 0.415. The van der Waals surface area contributed by atoms with Gasteiger partial charge in [-0.15, -0.1) is 0 Å². The SMILES string of the molecule is COc1ccc(-c2c(Nc3ncccc3N)[nH]c3c(N4CCCCC4)c(-c4ccccc4)nn3c2=O)cc1. The van der Waals surface area contributed by atoms with E-state index in [9.17, 15) is 4.79 Å². The van der Waals surface area contributed by atoms with Gasteiger partial charge in [0.1, 0.15) is 22.9 Å². The number of nitrogen functional groups attached to an aromatic ring is 1. The lowest BCUT2D eigenvalue weighted by atomic mass is 10.1. The topological polar surface area (TPSA) is 114 Å². The van der Waals surface area contributed by atoms with Crippen molar-refractivity contribution in [1.29, 1.82) is 0 Å². The van der Waals surface area contributed by atoms with Crippen LogP contribution in [0.1, 0.15) is 19.3 Å². The minimum absolute atomic E-state index is 0.249. The predicted molar refractivity (Wildman–Crippen MR) is 151 cm³/mol. The summed E-state index contributed by atoms with van der Waals surface area (Å²) < 4.78 is 6.82. The number of hydrogen-bond acceptors (Lipinski definition) is 7. The maximum Gasteiger partial charge on any atom is 0.284 e. The fourth-order valence-electron chi connectivity index (χ4n) is 5.03. The minimum atomic E-state index is -0.249. The van der Waals surface area contributed by atoms with Crippen LogP contribution in [-0.2, 0) is 0 Å². The zero-order valence-electron chi connectivity index (χ0n) is 21.1. The van der Waals surface area contributed by atoms with Crippen molar-refractivity contribution in [3.05, 3.63) is 83.3 Å². The molecular weight excluding hydrogens is 478 g/mol. The van der Waals surface area contributed by atoms with Gasteiger partial charge < -0.3 is 25.7 Å². The van der Waals surface area contributed by atoms with Crippen LogP contribution in [0.25, 0.3) is 28.0 Å². The van der Waals surface area contributed by atoms with E-state index < -0.39 is 0 Å². The summed E-state index contributed by atoms with van der Waals surface area (Å²) in [7, 11) is 1.61. The summed E-state index contributed by atoms with van der Waals surface area (Å²) >= 11 is 0. The van der Waals surface area contributed by atoms with Crippen LogP contribution in [-0.4, -0.2) is 39.8 Å². The maximum absolute atomic E-state index is 14.2. The first kappa shape index (κ1) is 23.6. The Hall–Kier alpha value is -4.79. The fraction of sp³-hybridized carbons (Fsp3) is 0.207. The molecule has 1 fully saturated rings. The molecule has 192 valence electrons. The van der Waals surface area contributed by atoms with Gasteiger partial charge in [-0.2, -0.15) is 9.61 Å². The molecule has 9 heteroatoms. The molecule has 4 N–H and O–H groups in total. The Morgan fingerprint density at radius 1 is 0.947 bits per heavy atom. The number of H-pyrrole nitrogens is 1. The molecule has 0 aliphatic carbocycles. The van der Waals surface area contributed by atoms with E-state index in [1.807, 2.05) is 54.6 Å². The van der Waals surface area contributed by atoms with Crippen molar-refractivity contribution < 1.29 is 4.74 Å². The highest BCUT2D eigenvalue weighted by molar-refractivity contribution is 5.89. The lowest BCUT2D eigenvalue weighted by Crippen LogP contribution is -2.30. The van der Waals surface area contributed by atoms with Crippen LogP contribution >= 0.6 is 0 Å². The predicted octanol–water partition coefficient (Wildman–Crippen LogP) is 5.08. The molecule has 38 heavy (non-hydrogen) atoms. The zero-order valence-corrected chi connectivity index (χ0v) is 21.1. The number of nitrogens with zero attached hydrogens (tertiary/aromatic N) is 4. The van der Waals surface area contributed by atoms with E-state index in [1.54, 1.807) is 25.4 Å². The van der Waals surface area contributed by atoms with Crippen LogP contribution in [0.3, 0.4) is 0 Å². The van der Waals surface area contributed by atoms with Crippen LogP contribution in [0.4, 0.5) is 23.0 Å². The van der Waals surface area contributed by atoms with E-state index in [0.717, 1.165) is 42.9 Å². The third-order valence-electron chi connectivity index (χ3n) is 6.94. The maximum atomic E-state index is 14.2. The van der Waals surface area contributed by atoms with Crippen molar-refractivity contribution in [2.24, 2.45) is 0 Å². The average Bonchev–Trinajstić information content (AvgIpc) is 3.35. The molecule has 1 aliphatic heterocycles. The zero-order chi connectivity index (χ0) is 26.1. The summed E-state index contributed by atoms with van der Waals surface area (Å²) in [6, 6.07) is 20.9. The van der Waals surface area contributed by atoms with E-state index in [1.165, 1.54) is 10.9 Å². The van der Waals surface area contributed by atoms with E-state index in [0.29, 0.717) is 39.8 Å². The van der Waals surface area contributed by atoms with E-state index in [2.05, 4.69) is 20.2 Å². The molecule has 0 bridgehead atoms. The normalized spacial score (nSPS) is 13.6. The van der Waals surface area contributed by atoms with Gasteiger partial charge in [-0.3, -0.25) is 4.79 Å². The van der Waals surface area contributed by atoms with Crippen LogP contribution < -0.4 is 26.2 Å². The number of piperidine rings is 1. The molecule has 0 radical (unpaired) electrons. The first-order chi connectivity index (χ1) is 18.6. The number of anilines is 4. The molecule has 1 aliphatic rings. The smallest absolute Gasteiger partial charge is 0.284 e. The summed E-state index contributed by atoms with van der Waals surface area (Å²) in [6.45, 7) is 1.80. The van der Waals surface area contributed by atoms with Crippen molar-refractivity contribution in [3.8, 4) is 28.1 Å². The summed E-state index contributed by atoms with van der Waals surface area (Å²) in [5.41, 5.74) is 10.9. The van der Waals surface area contributed by atoms with E-state index >= 15 is 0 Å². The molecule has 1 saturated heterocycles. The Balaban J connectivity index is 1.63. The highest BCUT2D eigenvalue weighted by atomic mass is 16.5. The molecule has 4 heterocycles. The molecule has 9 nitrogen and oxygen atoms in total. The van der Waals surface area contributed by atoms with Gasteiger partial charge in [0.2, 0.25) is 0 Å². The number of nitrogens with one attached hydrogen (secondary N) is 2. The highest BCUT2D eigenvalue weighted by Crippen LogP contribution is 2.37. The van der Waals surface area contributed by atoms with Crippen molar-refractivity contribution in [2.75, 3.05) is 36.1 Å². The number of ether oxygens (including phenoxy) is 1. The van der Waals surface area contributed by atoms with Gasteiger partial charge in [0.05, 0.1) is 18.4 Å². The Morgan fingerprint density at radius 2 is 1.71 bits per heavy atom. The van der Waals surface area contributed by atoms with Crippen LogP contribution in [0.5, 0.6) is 5.75 Å². The Morgan fingerprint density at radius 3 is 2.42 bits per heavy atom. The number of rotatable bonds is 6. The number of methoxy groups -OCH3 is 1. The van der Waals surface area contributed by atoms with Crippen LogP contribution in [0.15, 0.2) is 77.7 Å². The number of aromatic nitrogens is 4. The standard InChI is InChI=1S/C29H29N7O2/c1-38-21-14-12-19(13-15-21)23-27(32-26-22(30)11-8-16-31-26)33-28-25(35-17-6-3-7-18-35)24(34-36(28)29(23)37)20-9-4-2-5-10-20/h2,4-5,8-16,33H,3,6-7,17-18,30H2,1H3,(H,31,32). The van der Waals surface area contributed by atoms with Gasteiger partial charge in [0.25, 0.3) is 5.56 Å². The molecule has 3 aromatic heterocycles. The van der Waals surface area contributed by atoms with E-state index in [-0.39, 0.29) is 5.56 Å². The summed E-state index contributed by atoms with van der Waals surface area (Å²) in [4.78, 5) is 24.4. The highest BCUT2D eigenvalue weighted by Gasteiger charge is 2.26. The fourth-order valence-corrected chi connectivity index (χ4v) is 5.03. The second-order valence-electron chi connectivity index (χ2n) is 9.35. The number of aromatic amines is 1. The second-order valence-corrected chi connectivity index (χ2v) is 9.35.